The summed E-state index contributed by atoms with van der Waals surface area (Å²) in [7, 11) is 0. The smallest absolute Gasteiger partial charge is 0.308 e. The van der Waals surface area contributed by atoms with Crippen LogP contribution in [0.2, 0.25) is 0 Å². The van der Waals surface area contributed by atoms with Gasteiger partial charge in [-0.3, -0.25) is 33.9 Å². The van der Waals surface area contributed by atoms with Gasteiger partial charge in [0, 0.05) is 33.1 Å². The van der Waals surface area contributed by atoms with Gasteiger partial charge in [-0.2, -0.15) is 0 Å². The summed E-state index contributed by atoms with van der Waals surface area (Å²) >= 11 is 5.56. The van der Waals surface area contributed by atoms with Crippen molar-refractivity contribution in [2.45, 2.75) is 29.7 Å². The highest BCUT2D eigenvalue weighted by Gasteiger charge is 2.56. The third-order valence-corrected chi connectivity index (χ3v) is 10.3. The van der Waals surface area contributed by atoms with Gasteiger partial charge in [-0.25, -0.2) is 4.90 Å². The summed E-state index contributed by atoms with van der Waals surface area (Å²) in [5, 5.41) is 13.5. The number of hydrogen-bond donors (Lipinski definition) is 1. The van der Waals surface area contributed by atoms with Crippen LogP contribution in [-0.4, -0.2) is 32.5 Å². The zero-order valence-corrected chi connectivity index (χ0v) is 25.1. The molecule has 3 atom stereocenters. The first-order valence-corrected chi connectivity index (χ1v) is 15.3. The molecule has 6 rings (SSSR count). The molecule has 2 aliphatic heterocycles. The van der Waals surface area contributed by atoms with Gasteiger partial charge in [-0.15, -0.1) is 0 Å². The second-order valence-electron chi connectivity index (χ2n) is 9.92. The Morgan fingerprint density at radius 1 is 1.02 bits per heavy atom. The minimum atomic E-state index is -0.871. The Hall–Kier alpha value is -4.07. The molecular weight excluding hydrogens is 644 g/mol. The number of fused-ring (bicyclic) bond motifs is 2. The number of amides is 3. The van der Waals surface area contributed by atoms with Gasteiger partial charge in [-0.05, 0) is 48.9 Å². The van der Waals surface area contributed by atoms with Crippen LogP contribution in [0.5, 0.6) is 0 Å². The molecule has 0 spiro atoms. The fourth-order valence-electron chi connectivity index (χ4n) is 5.27. The van der Waals surface area contributed by atoms with Crippen LogP contribution in [0.3, 0.4) is 0 Å². The molecule has 13 heteroatoms. The van der Waals surface area contributed by atoms with Gasteiger partial charge in [-0.1, -0.05) is 68.9 Å². The summed E-state index contributed by atoms with van der Waals surface area (Å²) in [6.45, 7) is 1.68. The summed E-state index contributed by atoms with van der Waals surface area (Å²) in [5.74, 6) is -2.78. The van der Waals surface area contributed by atoms with Crippen molar-refractivity contribution in [3.05, 3.63) is 113 Å². The van der Waals surface area contributed by atoms with Gasteiger partial charge in [0.1, 0.15) is 11.8 Å². The van der Waals surface area contributed by atoms with E-state index < -0.39 is 39.7 Å². The molecule has 2 aliphatic rings. The number of benzene rings is 3. The average molecular weight is 666 g/mol. The summed E-state index contributed by atoms with van der Waals surface area (Å²) in [6.07, 6.45) is 0. The van der Waals surface area contributed by atoms with Crippen LogP contribution in [-0.2, 0) is 20.9 Å². The summed E-state index contributed by atoms with van der Waals surface area (Å²) in [6, 6.07) is 19.9. The van der Waals surface area contributed by atoms with E-state index in [9.17, 15) is 29.3 Å². The van der Waals surface area contributed by atoms with E-state index in [-0.39, 0.29) is 22.8 Å². The lowest BCUT2D eigenvalue weighted by atomic mass is 9.83. The molecule has 0 saturated carbocycles. The van der Waals surface area contributed by atoms with Crippen molar-refractivity contribution in [2.75, 3.05) is 10.2 Å². The highest BCUT2D eigenvalue weighted by Crippen LogP contribution is 2.54. The number of non-ortho nitro benzene ring substituents is 1. The number of carbonyl (C=O) groups excluding carboxylic acids is 3. The maximum Gasteiger partial charge on any atom is 0.308 e. The normalized spacial score (nSPS) is 19.4. The van der Waals surface area contributed by atoms with Gasteiger partial charge in [0.2, 0.25) is 17.7 Å². The molecule has 1 N–H and O–H groups in total. The molecule has 0 radical (unpaired) electrons. The van der Waals surface area contributed by atoms with Crippen molar-refractivity contribution in [2.24, 2.45) is 5.92 Å². The molecule has 3 aromatic carbocycles. The van der Waals surface area contributed by atoms with Crippen LogP contribution in [0.25, 0.3) is 0 Å². The fourth-order valence-corrected chi connectivity index (χ4v) is 8.46. The number of imide groups is 1. The molecule has 4 aromatic rings. The number of carbonyl (C=O) groups is 3. The van der Waals surface area contributed by atoms with Crippen molar-refractivity contribution < 1.29 is 19.3 Å². The van der Waals surface area contributed by atoms with Crippen molar-refractivity contribution in [3.8, 4) is 0 Å². The number of rotatable bonds is 6. The predicted octanol–water partition coefficient (Wildman–Crippen LogP) is 5.32. The predicted molar refractivity (Wildman–Crippen MR) is 163 cm³/mol. The van der Waals surface area contributed by atoms with E-state index >= 15 is 0 Å². The molecule has 3 unspecified atom stereocenters. The SMILES string of the molecule is Cc1ccc(NC(=O)Cn2c3c(sc2=O)C(c2cccc(Br)c2)C2C(=O)N(c4ccc([N+](=O)[O-])cc4)C(=O)C2S3)cc1. The first kappa shape index (κ1) is 28.1. The van der Waals surface area contributed by atoms with E-state index in [0.29, 0.717) is 15.6 Å². The van der Waals surface area contributed by atoms with Crippen molar-refractivity contribution in [3.63, 3.8) is 0 Å². The Balaban J connectivity index is 1.40. The molecule has 3 heterocycles. The minimum absolute atomic E-state index is 0.160. The van der Waals surface area contributed by atoms with Crippen molar-refractivity contribution in [1.82, 2.24) is 4.57 Å². The Morgan fingerprint density at radius 2 is 1.74 bits per heavy atom. The number of nitrogens with one attached hydrogen (secondary N) is 1. The second-order valence-corrected chi connectivity index (χ2v) is 13.0. The molecule has 3 amide bonds. The minimum Gasteiger partial charge on any atom is -0.325 e. The summed E-state index contributed by atoms with van der Waals surface area (Å²) in [5.41, 5.74) is 2.45. The number of thiazole rings is 1. The van der Waals surface area contributed by atoms with Gasteiger partial charge in [0.25, 0.3) is 5.69 Å². The van der Waals surface area contributed by atoms with E-state index in [4.69, 9.17) is 0 Å². The average Bonchev–Trinajstić information content (AvgIpc) is 3.40. The molecule has 1 saturated heterocycles. The highest BCUT2D eigenvalue weighted by molar-refractivity contribution is 9.10. The Kier molecular flexibility index (Phi) is 7.33. The van der Waals surface area contributed by atoms with E-state index in [2.05, 4.69) is 21.2 Å². The van der Waals surface area contributed by atoms with Crippen molar-refractivity contribution >= 4 is 73.8 Å². The van der Waals surface area contributed by atoms with Gasteiger partial charge < -0.3 is 5.32 Å². The number of aryl methyl sites for hydroxylation is 1. The van der Waals surface area contributed by atoms with E-state index in [1.54, 1.807) is 12.1 Å². The lowest BCUT2D eigenvalue weighted by Gasteiger charge is -2.30. The van der Waals surface area contributed by atoms with Crippen LogP contribution in [0.15, 0.2) is 87.1 Å². The fraction of sp³-hybridized carbons (Fsp3) is 0.172. The number of anilines is 2. The number of nitrogens with zero attached hydrogens (tertiary/aromatic N) is 3. The second kappa shape index (κ2) is 11.0. The van der Waals surface area contributed by atoms with Gasteiger partial charge in [0.15, 0.2) is 0 Å². The number of aromatic nitrogens is 1. The van der Waals surface area contributed by atoms with Gasteiger partial charge in [0.05, 0.1) is 21.6 Å². The van der Waals surface area contributed by atoms with Crippen LogP contribution < -0.4 is 15.1 Å². The molecule has 10 nitrogen and oxygen atoms in total. The summed E-state index contributed by atoms with van der Waals surface area (Å²) < 4.78 is 2.13. The molecule has 212 valence electrons. The van der Waals surface area contributed by atoms with Crippen molar-refractivity contribution in [1.29, 1.82) is 0 Å². The first-order chi connectivity index (χ1) is 20.1. The Bertz CT molecular complexity index is 1820. The standard InChI is InChI=1S/C29H21BrN4O6S2/c1-15-5-7-18(8-6-15)31-21(35)14-32-28-25(42-29(32)38)22(16-3-2-4-17(30)13-16)23-24(41-28)27(37)33(26(23)36)19-9-11-20(12-10-19)34(39)40/h2-13,22-24H,14H2,1H3,(H,31,35). The lowest BCUT2D eigenvalue weighted by molar-refractivity contribution is -0.384. The van der Waals surface area contributed by atoms with Crippen LogP contribution in [0.1, 0.15) is 21.9 Å². The quantitative estimate of drug-likeness (QED) is 0.168. The molecule has 0 aliphatic carbocycles. The maximum absolute atomic E-state index is 13.9. The van der Waals surface area contributed by atoms with Crippen LogP contribution in [0.4, 0.5) is 17.1 Å². The number of hydrogen-bond acceptors (Lipinski definition) is 8. The van der Waals surface area contributed by atoms with Gasteiger partial charge >= 0.3 is 4.87 Å². The molecule has 0 bridgehead atoms. The zero-order valence-electron chi connectivity index (χ0n) is 21.9. The third kappa shape index (κ3) is 4.97. The molecular formula is C29H21BrN4O6S2. The van der Waals surface area contributed by atoms with E-state index in [1.807, 2.05) is 43.3 Å². The first-order valence-electron chi connectivity index (χ1n) is 12.8. The van der Waals surface area contributed by atoms with E-state index in [0.717, 1.165) is 43.6 Å². The largest absolute Gasteiger partial charge is 0.325 e. The number of nitro benzene ring substituents is 1. The Morgan fingerprint density at radius 3 is 2.40 bits per heavy atom. The lowest BCUT2D eigenvalue weighted by Crippen LogP contribution is -2.33. The number of nitro groups is 1. The maximum atomic E-state index is 13.9. The van der Waals surface area contributed by atoms with Crippen LogP contribution in [0, 0.1) is 23.0 Å². The molecule has 42 heavy (non-hydrogen) atoms. The number of halogens is 1. The van der Waals surface area contributed by atoms with E-state index in [1.165, 1.54) is 28.8 Å². The molecule has 1 fully saturated rings. The van der Waals surface area contributed by atoms with Crippen LogP contribution >= 0.6 is 39.0 Å². The zero-order chi connectivity index (χ0) is 29.7. The topological polar surface area (TPSA) is 132 Å². The highest BCUT2D eigenvalue weighted by atomic mass is 79.9. The monoisotopic (exact) mass is 664 g/mol. The Labute approximate surface area is 255 Å². The molecule has 1 aromatic heterocycles. The summed E-state index contributed by atoms with van der Waals surface area (Å²) in [4.78, 5) is 65.9. The third-order valence-electron chi connectivity index (χ3n) is 7.21. The number of thioether (sulfide) groups is 1.